The van der Waals surface area contributed by atoms with E-state index in [1.807, 2.05) is 12.1 Å². The zero-order chi connectivity index (χ0) is 14.1. The van der Waals surface area contributed by atoms with Gasteiger partial charge in [0.1, 0.15) is 0 Å². The summed E-state index contributed by atoms with van der Waals surface area (Å²) < 4.78 is 1.18. The number of rotatable bonds is 9. The predicted octanol–water partition coefficient (Wildman–Crippen LogP) is 4.23. The van der Waals surface area contributed by atoms with Crippen molar-refractivity contribution in [1.29, 1.82) is 0 Å². The fraction of sp³-hybridized carbons (Fsp3) is 0.625. The zero-order valence-corrected chi connectivity index (χ0v) is 14.3. The zero-order valence-electron chi connectivity index (χ0n) is 12.1. The molecule has 0 bridgehead atoms. The van der Waals surface area contributed by atoms with E-state index in [1.54, 1.807) is 0 Å². The van der Waals surface area contributed by atoms with Crippen LogP contribution in [0.25, 0.3) is 0 Å². The summed E-state index contributed by atoms with van der Waals surface area (Å²) in [6.07, 6.45) is 4.47. The summed E-state index contributed by atoms with van der Waals surface area (Å²) in [5, 5.41) is 10.4. The van der Waals surface area contributed by atoms with E-state index < -0.39 is 0 Å². The molecule has 0 amide bonds. The topological polar surface area (TPSA) is 23.5 Å². The lowest BCUT2D eigenvalue weighted by Crippen LogP contribution is -2.30. The first-order valence-electron chi connectivity index (χ1n) is 7.33. The highest BCUT2D eigenvalue weighted by molar-refractivity contribution is 14.1. The van der Waals surface area contributed by atoms with Crippen molar-refractivity contribution in [3.63, 3.8) is 0 Å². The van der Waals surface area contributed by atoms with E-state index >= 15 is 0 Å². The molecule has 108 valence electrons. The van der Waals surface area contributed by atoms with Crippen LogP contribution in [-0.4, -0.2) is 29.6 Å². The van der Waals surface area contributed by atoms with Crippen LogP contribution in [0.1, 0.15) is 51.2 Å². The van der Waals surface area contributed by atoms with Gasteiger partial charge in [0.25, 0.3) is 0 Å². The molecule has 0 aliphatic rings. The number of aliphatic hydroxyl groups is 1. The molecular formula is C16H26INO. The first kappa shape index (κ1) is 16.9. The summed E-state index contributed by atoms with van der Waals surface area (Å²) in [5.41, 5.74) is 1.03. The van der Waals surface area contributed by atoms with Crippen molar-refractivity contribution >= 4 is 22.6 Å². The fourth-order valence-electron chi connectivity index (χ4n) is 2.12. The Hall–Kier alpha value is -0.130. The molecule has 1 unspecified atom stereocenters. The molecule has 0 heterocycles. The van der Waals surface area contributed by atoms with Gasteiger partial charge in [-0.2, -0.15) is 0 Å². The lowest BCUT2D eigenvalue weighted by molar-refractivity contribution is 0.111. The highest BCUT2D eigenvalue weighted by atomic mass is 127. The van der Waals surface area contributed by atoms with Crippen molar-refractivity contribution in [3.8, 4) is 0 Å². The molecule has 19 heavy (non-hydrogen) atoms. The quantitative estimate of drug-likeness (QED) is 0.653. The molecule has 1 N–H and O–H groups in total. The predicted molar refractivity (Wildman–Crippen MR) is 90.4 cm³/mol. The number of hydrogen-bond acceptors (Lipinski definition) is 2. The summed E-state index contributed by atoms with van der Waals surface area (Å²) in [6, 6.07) is 8.17. The first-order valence-corrected chi connectivity index (χ1v) is 8.41. The lowest BCUT2D eigenvalue weighted by atomic mass is 10.1. The number of hydrogen-bond donors (Lipinski definition) is 1. The fourth-order valence-corrected chi connectivity index (χ4v) is 2.69. The van der Waals surface area contributed by atoms with Gasteiger partial charge in [-0.3, -0.25) is 0 Å². The molecule has 0 aliphatic heterocycles. The van der Waals surface area contributed by atoms with Crippen LogP contribution in [0.2, 0.25) is 0 Å². The van der Waals surface area contributed by atoms with Gasteiger partial charge in [0.15, 0.2) is 0 Å². The maximum Gasteiger partial charge on any atom is 0.0917 e. The molecule has 1 atom stereocenters. The summed E-state index contributed by atoms with van der Waals surface area (Å²) in [5.74, 6) is 0. The Morgan fingerprint density at radius 3 is 2.32 bits per heavy atom. The maximum atomic E-state index is 10.4. The van der Waals surface area contributed by atoms with Crippen molar-refractivity contribution in [2.75, 3.05) is 19.6 Å². The van der Waals surface area contributed by atoms with Gasteiger partial charge in [-0.25, -0.2) is 0 Å². The highest BCUT2D eigenvalue weighted by Gasteiger charge is 2.13. The van der Waals surface area contributed by atoms with Gasteiger partial charge in [-0.05, 0) is 66.2 Å². The second kappa shape index (κ2) is 9.72. The van der Waals surface area contributed by atoms with Crippen LogP contribution < -0.4 is 0 Å². The Labute approximate surface area is 131 Å². The van der Waals surface area contributed by atoms with Crippen molar-refractivity contribution in [2.45, 2.75) is 45.6 Å². The normalized spacial score (nSPS) is 12.9. The van der Waals surface area contributed by atoms with E-state index in [9.17, 15) is 5.11 Å². The van der Waals surface area contributed by atoms with E-state index in [0.29, 0.717) is 0 Å². The van der Waals surface area contributed by atoms with Crippen LogP contribution in [-0.2, 0) is 0 Å². The van der Waals surface area contributed by atoms with Crippen LogP contribution >= 0.6 is 22.6 Å². The molecule has 0 aromatic heterocycles. The molecule has 0 saturated carbocycles. The largest absolute Gasteiger partial charge is 0.387 e. The third-order valence-corrected chi connectivity index (χ3v) is 3.99. The molecular weight excluding hydrogens is 349 g/mol. The maximum absolute atomic E-state index is 10.4. The smallest absolute Gasteiger partial charge is 0.0917 e. The number of nitrogens with zero attached hydrogens (tertiary/aromatic N) is 1. The minimum atomic E-state index is -0.372. The van der Waals surface area contributed by atoms with Gasteiger partial charge in [0, 0.05) is 10.1 Å². The Balaban J connectivity index is 2.56. The van der Waals surface area contributed by atoms with Crippen LogP contribution in [0, 0.1) is 3.57 Å². The molecule has 0 saturated heterocycles. The minimum absolute atomic E-state index is 0.372. The average Bonchev–Trinajstić information content (AvgIpc) is 2.41. The number of halogens is 1. The summed E-state index contributed by atoms with van der Waals surface area (Å²) in [4.78, 5) is 2.40. The molecule has 1 rings (SSSR count). The van der Waals surface area contributed by atoms with Crippen LogP contribution in [0.3, 0.4) is 0 Å². The van der Waals surface area contributed by atoms with E-state index in [4.69, 9.17) is 0 Å². The molecule has 1 aromatic rings. The summed E-state index contributed by atoms with van der Waals surface area (Å²) in [7, 11) is 0. The molecule has 3 heteroatoms. The van der Waals surface area contributed by atoms with Gasteiger partial charge >= 0.3 is 0 Å². The van der Waals surface area contributed by atoms with E-state index in [2.05, 4.69) is 53.5 Å². The van der Waals surface area contributed by atoms with E-state index in [-0.39, 0.29) is 6.10 Å². The number of benzene rings is 1. The molecule has 0 spiro atoms. The minimum Gasteiger partial charge on any atom is -0.387 e. The molecule has 0 aliphatic carbocycles. The standard InChI is InChI=1S/C16H26INO/c1-3-5-10-18(11-6-4-2)13-16(19)14-8-7-9-15(17)12-14/h7-9,12,16,19H,3-6,10-11,13H2,1-2H3. The summed E-state index contributed by atoms with van der Waals surface area (Å²) in [6.45, 7) is 7.37. The van der Waals surface area contributed by atoms with Crippen molar-refractivity contribution in [1.82, 2.24) is 4.90 Å². The van der Waals surface area contributed by atoms with Crippen LogP contribution in [0.15, 0.2) is 24.3 Å². The van der Waals surface area contributed by atoms with Crippen molar-refractivity contribution < 1.29 is 5.11 Å². The molecule has 0 radical (unpaired) electrons. The third kappa shape index (κ3) is 6.72. The van der Waals surface area contributed by atoms with E-state index in [1.165, 1.54) is 29.3 Å². The monoisotopic (exact) mass is 375 g/mol. The highest BCUT2D eigenvalue weighted by Crippen LogP contribution is 2.17. The van der Waals surface area contributed by atoms with Crippen LogP contribution in [0.5, 0.6) is 0 Å². The number of aliphatic hydroxyl groups excluding tert-OH is 1. The third-order valence-electron chi connectivity index (χ3n) is 3.32. The average molecular weight is 375 g/mol. The van der Waals surface area contributed by atoms with Crippen molar-refractivity contribution in [2.24, 2.45) is 0 Å². The Morgan fingerprint density at radius 1 is 1.16 bits per heavy atom. The molecule has 2 nitrogen and oxygen atoms in total. The number of unbranched alkanes of at least 4 members (excludes halogenated alkanes) is 2. The van der Waals surface area contributed by atoms with Gasteiger partial charge < -0.3 is 10.0 Å². The van der Waals surface area contributed by atoms with Gasteiger partial charge in [0.05, 0.1) is 6.10 Å². The SMILES string of the molecule is CCCCN(CCCC)CC(O)c1cccc(I)c1. The van der Waals surface area contributed by atoms with Gasteiger partial charge in [0.2, 0.25) is 0 Å². The van der Waals surface area contributed by atoms with E-state index in [0.717, 1.165) is 25.2 Å². The second-order valence-corrected chi connectivity index (χ2v) is 6.32. The van der Waals surface area contributed by atoms with Crippen molar-refractivity contribution in [3.05, 3.63) is 33.4 Å². The Bertz CT molecular complexity index is 348. The lowest BCUT2D eigenvalue weighted by Gasteiger charge is -2.25. The molecule has 0 fully saturated rings. The van der Waals surface area contributed by atoms with Crippen LogP contribution in [0.4, 0.5) is 0 Å². The second-order valence-electron chi connectivity index (χ2n) is 5.08. The molecule has 1 aromatic carbocycles. The summed E-state index contributed by atoms with van der Waals surface area (Å²) >= 11 is 2.29. The Morgan fingerprint density at radius 2 is 1.79 bits per heavy atom. The first-order chi connectivity index (χ1) is 9.17. The van der Waals surface area contributed by atoms with Gasteiger partial charge in [-0.1, -0.05) is 38.8 Å². The van der Waals surface area contributed by atoms with Gasteiger partial charge in [-0.15, -0.1) is 0 Å². The Kier molecular flexibility index (Phi) is 8.66.